The van der Waals surface area contributed by atoms with Gasteiger partial charge in [-0.1, -0.05) is 97.8 Å². The quantitative estimate of drug-likeness (QED) is 0.262. The Morgan fingerprint density at radius 2 is 1.28 bits per heavy atom. The minimum absolute atomic E-state index is 0.0116. The molecule has 2 bridgehead atoms. The van der Waals surface area contributed by atoms with Gasteiger partial charge in [-0.25, -0.2) is 0 Å². The summed E-state index contributed by atoms with van der Waals surface area (Å²) in [5.41, 5.74) is 5.11. The van der Waals surface area contributed by atoms with Crippen molar-refractivity contribution in [3.63, 3.8) is 0 Å². The summed E-state index contributed by atoms with van der Waals surface area (Å²) < 4.78 is 6.29. The van der Waals surface area contributed by atoms with Crippen molar-refractivity contribution in [2.75, 3.05) is 0 Å². The Morgan fingerprint density at radius 1 is 0.694 bits per heavy atom. The van der Waals surface area contributed by atoms with Gasteiger partial charge in [-0.3, -0.25) is 4.79 Å². The molecule has 1 saturated carbocycles. The molecule has 180 valence electrons. The SMILES string of the molecule is O=C(Oc1cccc2ccccc12)C1C2c3ccccc3C(c3ccccc32)C1C1CCCCC1O. The van der Waals surface area contributed by atoms with Crippen molar-refractivity contribution in [2.45, 2.75) is 43.6 Å². The zero-order valence-corrected chi connectivity index (χ0v) is 20.2. The molecule has 4 aromatic rings. The fraction of sp³-hybridized carbons (Fsp3) is 0.303. The van der Waals surface area contributed by atoms with Crippen molar-refractivity contribution in [2.24, 2.45) is 17.8 Å². The van der Waals surface area contributed by atoms with E-state index < -0.39 is 0 Å². The normalized spacial score (nSPS) is 28.4. The van der Waals surface area contributed by atoms with Gasteiger partial charge in [0.15, 0.2) is 0 Å². The second kappa shape index (κ2) is 8.60. The number of ether oxygens (including phenoxy) is 1. The van der Waals surface area contributed by atoms with Crippen molar-refractivity contribution >= 4 is 16.7 Å². The number of carbonyl (C=O) groups excluding carboxylic acids is 1. The third-order valence-electron chi connectivity index (χ3n) is 9.00. The predicted molar refractivity (Wildman–Crippen MR) is 141 cm³/mol. The van der Waals surface area contributed by atoms with Crippen LogP contribution in [0.3, 0.4) is 0 Å². The van der Waals surface area contributed by atoms with E-state index in [-0.39, 0.29) is 41.7 Å². The van der Waals surface area contributed by atoms with Gasteiger partial charge in [0, 0.05) is 17.2 Å². The Morgan fingerprint density at radius 3 is 1.97 bits per heavy atom. The van der Waals surface area contributed by atoms with E-state index >= 15 is 0 Å². The molecule has 0 radical (unpaired) electrons. The van der Waals surface area contributed by atoms with E-state index in [1.807, 2.05) is 42.5 Å². The topological polar surface area (TPSA) is 46.5 Å². The lowest BCUT2D eigenvalue weighted by atomic mass is 9.50. The molecule has 4 atom stereocenters. The number of fused-ring (bicyclic) bond motifs is 2. The highest BCUT2D eigenvalue weighted by Gasteiger charge is 2.56. The number of hydrogen-bond acceptors (Lipinski definition) is 3. The number of carbonyl (C=O) groups is 1. The van der Waals surface area contributed by atoms with Crippen LogP contribution in [0.15, 0.2) is 91.0 Å². The van der Waals surface area contributed by atoms with Crippen LogP contribution >= 0.6 is 0 Å². The summed E-state index contributed by atoms with van der Waals surface area (Å²) in [5.74, 6) is 0.221. The van der Waals surface area contributed by atoms with Crippen LogP contribution in [0.25, 0.3) is 10.8 Å². The van der Waals surface area contributed by atoms with E-state index in [4.69, 9.17) is 4.74 Å². The summed E-state index contributed by atoms with van der Waals surface area (Å²) in [6.07, 6.45) is 3.54. The van der Waals surface area contributed by atoms with Crippen molar-refractivity contribution in [3.8, 4) is 5.75 Å². The van der Waals surface area contributed by atoms with Crippen molar-refractivity contribution < 1.29 is 14.6 Å². The van der Waals surface area contributed by atoms with E-state index in [9.17, 15) is 9.90 Å². The summed E-state index contributed by atoms with van der Waals surface area (Å²) >= 11 is 0. The van der Waals surface area contributed by atoms with Gasteiger partial charge in [0.2, 0.25) is 0 Å². The first-order valence-corrected chi connectivity index (χ1v) is 13.3. The highest BCUT2D eigenvalue weighted by atomic mass is 16.5. The molecule has 3 heteroatoms. The van der Waals surface area contributed by atoms with Gasteiger partial charge in [0.25, 0.3) is 0 Å². The highest BCUT2D eigenvalue weighted by Crippen LogP contribution is 2.61. The largest absolute Gasteiger partial charge is 0.426 e. The molecule has 1 N–H and O–H groups in total. The first-order valence-electron chi connectivity index (χ1n) is 13.3. The fourth-order valence-corrected chi connectivity index (χ4v) is 7.58. The summed E-state index contributed by atoms with van der Waals surface area (Å²) in [4.78, 5) is 14.3. The Hall–Kier alpha value is -3.43. The van der Waals surface area contributed by atoms with Crippen LogP contribution in [0, 0.1) is 17.8 Å². The molecule has 1 fully saturated rings. The number of aliphatic hydroxyl groups excluding tert-OH is 1. The lowest BCUT2D eigenvalue weighted by molar-refractivity contribution is -0.145. The van der Waals surface area contributed by atoms with Crippen LogP contribution in [-0.2, 0) is 4.79 Å². The molecule has 0 aromatic heterocycles. The minimum atomic E-state index is -0.379. The van der Waals surface area contributed by atoms with Crippen LogP contribution in [-0.4, -0.2) is 17.2 Å². The lowest BCUT2D eigenvalue weighted by Gasteiger charge is -2.53. The maximum atomic E-state index is 14.3. The second-order valence-electron chi connectivity index (χ2n) is 10.7. The smallest absolute Gasteiger partial charge is 0.315 e. The number of rotatable bonds is 3. The second-order valence-corrected chi connectivity index (χ2v) is 10.7. The van der Waals surface area contributed by atoms with Crippen molar-refractivity contribution in [1.29, 1.82) is 0 Å². The zero-order valence-electron chi connectivity index (χ0n) is 20.2. The van der Waals surface area contributed by atoms with Crippen LogP contribution in [0.1, 0.15) is 59.8 Å². The van der Waals surface area contributed by atoms with E-state index in [1.165, 1.54) is 22.3 Å². The van der Waals surface area contributed by atoms with Gasteiger partial charge in [0.1, 0.15) is 5.75 Å². The first-order chi connectivity index (χ1) is 17.7. The Bertz CT molecular complexity index is 1400. The fourth-order valence-electron chi connectivity index (χ4n) is 7.58. The van der Waals surface area contributed by atoms with Gasteiger partial charge in [0.05, 0.1) is 12.0 Å². The summed E-state index contributed by atoms with van der Waals surface area (Å²) in [5, 5.41) is 13.2. The molecule has 4 aromatic carbocycles. The van der Waals surface area contributed by atoms with Gasteiger partial charge in [-0.05, 0) is 58.4 Å². The molecule has 0 saturated heterocycles. The average Bonchev–Trinajstić information content (AvgIpc) is 2.93. The number of esters is 1. The van der Waals surface area contributed by atoms with E-state index in [1.54, 1.807) is 0 Å². The number of aliphatic hydroxyl groups is 1. The van der Waals surface area contributed by atoms with Crippen LogP contribution in [0.5, 0.6) is 5.75 Å². The molecule has 0 spiro atoms. The number of benzene rings is 4. The molecule has 4 aliphatic carbocycles. The van der Waals surface area contributed by atoms with Crippen molar-refractivity contribution in [3.05, 3.63) is 113 Å². The predicted octanol–water partition coefficient (Wildman–Crippen LogP) is 6.82. The van der Waals surface area contributed by atoms with Gasteiger partial charge < -0.3 is 9.84 Å². The molecule has 0 aliphatic heterocycles. The average molecular weight is 475 g/mol. The molecule has 8 rings (SSSR count). The Labute approximate surface area is 211 Å². The summed E-state index contributed by atoms with van der Waals surface area (Å²) in [6, 6.07) is 31.2. The molecular weight excluding hydrogens is 444 g/mol. The number of hydrogen-bond donors (Lipinski definition) is 1. The molecule has 36 heavy (non-hydrogen) atoms. The minimum Gasteiger partial charge on any atom is -0.426 e. The third-order valence-corrected chi connectivity index (χ3v) is 9.00. The summed E-state index contributed by atoms with van der Waals surface area (Å²) in [7, 11) is 0. The molecule has 4 unspecified atom stereocenters. The van der Waals surface area contributed by atoms with Crippen molar-refractivity contribution in [1.82, 2.24) is 0 Å². The van der Waals surface area contributed by atoms with Crippen LogP contribution in [0.4, 0.5) is 0 Å². The van der Waals surface area contributed by atoms with Crippen LogP contribution in [0.2, 0.25) is 0 Å². The van der Waals surface area contributed by atoms with E-state index in [2.05, 4.69) is 48.5 Å². The molecule has 3 nitrogen and oxygen atoms in total. The standard InChI is InChI=1S/C33H30O3/c34-27-18-8-7-17-26(27)31-29-22-13-3-5-15-24(22)30(25-16-6-4-14-23(25)29)32(31)33(35)36-28-19-9-11-20-10-1-2-12-21(20)28/h1-6,9-16,19,26-27,29-32,34H,7-8,17-18H2. The summed E-state index contributed by atoms with van der Waals surface area (Å²) in [6.45, 7) is 0. The third kappa shape index (κ3) is 3.26. The monoisotopic (exact) mass is 474 g/mol. The van der Waals surface area contributed by atoms with Crippen LogP contribution < -0.4 is 4.74 Å². The maximum Gasteiger partial charge on any atom is 0.315 e. The highest BCUT2D eigenvalue weighted by molar-refractivity contribution is 5.91. The van der Waals surface area contributed by atoms with E-state index in [0.717, 1.165) is 36.5 Å². The van der Waals surface area contributed by atoms with Gasteiger partial charge in [-0.15, -0.1) is 0 Å². The van der Waals surface area contributed by atoms with Gasteiger partial charge >= 0.3 is 5.97 Å². The van der Waals surface area contributed by atoms with E-state index in [0.29, 0.717) is 5.75 Å². The Kier molecular flexibility index (Phi) is 5.21. The van der Waals surface area contributed by atoms with Gasteiger partial charge in [-0.2, -0.15) is 0 Å². The zero-order chi connectivity index (χ0) is 24.2. The molecule has 0 heterocycles. The molecule has 4 aliphatic rings. The lowest BCUT2D eigenvalue weighted by Crippen LogP contribution is -2.50. The Balaban J connectivity index is 1.38. The first kappa shape index (κ1) is 21.8. The molecular formula is C33H30O3. The molecule has 0 amide bonds. The maximum absolute atomic E-state index is 14.3.